The van der Waals surface area contributed by atoms with Gasteiger partial charge >= 0.3 is 0 Å². The van der Waals surface area contributed by atoms with Gasteiger partial charge in [0.2, 0.25) is 0 Å². The van der Waals surface area contributed by atoms with E-state index in [1.165, 1.54) is 25.7 Å². The number of nitrogens with zero attached hydrogens (tertiary/aromatic N) is 1. The highest BCUT2D eigenvalue weighted by Crippen LogP contribution is 2.32. The third-order valence-corrected chi connectivity index (χ3v) is 5.02. The molecule has 1 unspecified atom stereocenters. The maximum atomic E-state index is 6.05. The molecule has 2 aliphatic rings. The van der Waals surface area contributed by atoms with Crippen molar-refractivity contribution in [2.24, 2.45) is 16.6 Å². The zero-order valence-electron chi connectivity index (χ0n) is 15.7. The number of aliphatic imine (C=N–C) groups is 1. The first-order valence-electron chi connectivity index (χ1n) is 9.84. The van der Waals surface area contributed by atoms with E-state index in [4.69, 9.17) is 19.9 Å². The number of ether oxygens (including phenoxy) is 3. The van der Waals surface area contributed by atoms with Gasteiger partial charge in [0.1, 0.15) is 0 Å². The molecule has 0 aromatic heterocycles. The van der Waals surface area contributed by atoms with Crippen molar-refractivity contribution in [1.82, 2.24) is 0 Å². The molecule has 0 spiro atoms. The van der Waals surface area contributed by atoms with Crippen LogP contribution in [0.4, 0.5) is 5.69 Å². The molecule has 1 fully saturated rings. The minimum Gasteiger partial charge on any atom is -0.490 e. The van der Waals surface area contributed by atoms with E-state index < -0.39 is 0 Å². The van der Waals surface area contributed by atoms with Crippen LogP contribution in [0, 0.1) is 5.92 Å². The number of nitrogens with two attached hydrogens (primary N) is 1. The van der Waals surface area contributed by atoms with Crippen LogP contribution in [0.2, 0.25) is 0 Å². The predicted molar refractivity (Wildman–Crippen MR) is 104 cm³/mol. The molecule has 0 radical (unpaired) electrons. The van der Waals surface area contributed by atoms with Crippen molar-refractivity contribution in [3.05, 3.63) is 18.2 Å². The molecule has 1 aromatic rings. The molecule has 1 aliphatic carbocycles. The third-order valence-electron chi connectivity index (χ3n) is 5.02. The van der Waals surface area contributed by atoms with Crippen molar-refractivity contribution >= 4 is 11.6 Å². The lowest BCUT2D eigenvalue weighted by Gasteiger charge is -2.22. The summed E-state index contributed by atoms with van der Waals surface area (Å²) in [7, 11) is 0. The van der Waals surface area contributed by atoms with Gasteiger partial charge in [-0.05, 0) is 44.2 Å². The van der Waals surface area contributed by atoms with Crippen LogP contribution in [0.1, 0.15) is 45.4 Å². The van der Waals surface area contributed by atoms with Crippen LogP contribution in [0.5, 0.6) is 11.5 Å². The van der Waals surface area contributed by atoms with Crippen LogP contribution in [0.25, 0.3) is 0 Å². The van der Waals surface area contributed by atoms with Gasteiger partial charge in [-0.2, -0.15) is 0 Å². The topological polar surface area (TPSA) is 78.1 Å². The Hall–Kier alpha value is -1.95. The Balaban J connectivity index is 1.52. The normalized spacial score (nSPS) is 19.2. The molecule has 3 rings (SSSR count). The van der Waals surface area contributed by atoms with Crippen molar-refractivity contribution in [3.8, 4) is 11.5 Å². The molecule has 1 atom stereocenters. The van der Waals surface area contributed by atoms with E-state index in [0.717, 1.165) is 36.6 Å². The highest BCUT2D eigenvalue weighted by molar-refractivity contribution is 5.92. The Kier molecular flexibility index (Phi) is 7.00. The van der Waals surface area contributed by atoms with Crippen LogP contribution in [0.15, 0.2) is 23.2 Å². The third kappa shape index (κ3) is 5.27. The van der Waals surface area contributed by atoms with E-state index in [1.807, 2.05) is 18.2 Å². The number of hydrogen-bond acceptors (Lipinski definition) is 4. The molecule has 144 valence electrons. The number of guanidine groups is 1. The van der Waals surface area contributed by atoms with E-state index in [9.17, 15) is 0 Å². The molecule has 6 nitrogen and oxygen atoms in total. The lowest BCUT2D eigenvalue weighted by Crippen LogP contribution is -2.26. The highest BCUT2D eigenvalue weighted by atomic mass is 16.5. The molecule has 26 heavy (non-hydrogen) atoms. The lowest BCUT2D eigenvalue weighted by atomic mass is 9.98. The van der Waals surface area contributed by atoms with E-state index in [1.54, 1.807) is 0 Å². The van der Waals surface area contributed by atoms with Gasteiger partial charge in [0.05, 0.1) is 19.3 Å². The standard InChI is InChI=1S/C20H31N3O3/c1-2-24-17(15-6-3-4-7-15)10-11-22-20(21)23-16-8-9-18-19(14-16)26-13-5-12-25-18/h8-9,14-15,17H,2-7,10-13H2,1H3,(H3,21,22,23). The molecule has 0 amide bonds. The summed E-state index contributed by atoms with van der Waals surface area (Å²) in [5.74, 6) is 2.62. The Morgan fingerprint density at radius 2 is 2.00 bits per heavy atom. The molecular weight excluding hydrogens is 330 g/mol. The second-order valence-electron chi connectivity index (χ2n) is 6.93. The number of anilines is 1. The van der Waals surface area contributed by atoms with Gasteiger partial charge < -0.3 is 25.3 Å². The van der Waals surface area contributed by atoms with Crippen LogP contribution < -0.4 is 20.5 Å². The SMILES string of the molecule is CCOC(CCN=C(N)Nc1ccc2c(c1)OCCCO2)C1CCCC1. The fourth-order valence-corrected chi connectivity index (χ4v) is 3.74. The van der Waals surface area contributed by atoms with Crippen molar-refractivity contribution in [3.63, 3.8) is 0 Å². The van der Waals surface area contributed by atoms with E-state index in [0.29, 0.717) is 37.7 Å². The molecule has 3 N–H and O–H groups in total. The molecule has 1 aliphatic heterocycles. The van der Waals surface area contributed by atoms with Crippen LogP contribution in [-0.2, 0) is 4.74 Å². The molecular formula is C20H31N3O3. The summed E-state index contributed by atoms with van der Waals surface area (Å²) in [5, 5.41) is 3.14. The van der Waals surface area contributed by atoms with Gasteiger partial charge in [-0.3, -0.25) is 4.99 Å². The monoisotopic (exact) mass is 361 g/mol. The van der Waals surface area contributed by atoms with Crippen molar-refractivity contribution in [1.29, 1.82) is 0 Å². The van der Waals surface area contributed by atoms with E-state index in [-0.39, 0.29) is 0 Å². The van der Waals surface area contributed by atoms with Gasteiger partial charge in [-0.1, -0.05) is 12.8 Å². The maximum Gasteiger partial charge on any atom is 0.193 e. The Morgan fingerprint density at radius 1 is 1.23 bits per heavy atom. The summed E-state index contributed by atoms with van der Waals surface area (Å²) in [6, 6.07) is 5.74. The minimum absolute atomic E-state index is 0.303. The van der Waals surface area contributed by atoms with Gasteiger partial charge in [-0.15, -0.1) is 0 Å². The maximum absolute atomic E-state index is 6.05. The molecule has 0 saturated heterocycles. The largest absolute Gasteiger partial charge is 0.490 e. The fourth-order valence-electron chi connectivity index (χ4n) is 3.74. The summed E-state index contributed by atoms with van der Waals surface area (Å²) in [5.41, 5.74) is 6.91. The first kappa shape index (κ1) is 18.8. The lowest BCUT2D eigenvalue weighted by molar-refractivity contribution is 0.0178. The average molecular weight is 361 g/mol. The summed E-state index contributed by atoms with van der Waals surface area (Å²) in [4.78, 5) is 4.47. The Bertz CT molecular complexity index is 600. The Morgan fingerprint density at radius 3 is 2.77 bits per heavy atom. The first-order chi connectivity index (χ1) is 12.8. The molecule has 6 heteroatoms. The molecule has 0 bridgehead atoms. The number of benzene rings is 1. The number of nitrogens with one attached hydrogen (secondary N) is 1. The second kappa shape index (κ2) is 9.67. The van der Waals surface area contributed by atoms with E-state index >= 15 is 0 Å². The van der Waals surface area contributed by atoms with Crippen LogP contribution in [-0.4, -0.2) is 38.4 Å². The number of fused-ring (bicyclic) bond motifs is 1. The molecule has 1 saturated carbocycles. The summed E-state index contributed by atoms with van der Waals surface area (Å²) in [6.45, 7) is 4.84. The summed E-state index contributed by atoms with van der Waals surface area (Å²) in [6.07, 6.45) is 7.32. The van der Waals surface area contributed by atoms with Crippen molar-refractivity contribution in [2.45, 2.75) is 51.6 Å². The average Bonchev–Trinajstić information content (AvgIpc) is 3.07. The smallest absolute Gasteiger partial charge is 0.193 e. The Labute approximate surface area is 156 Å². The highest BCUT2D eigenvalue weighted by Gasteiger charge is 2.24. The zero-order valence-corrected chi connectivity index (χ0v) is 15.7. The summed E-state index contributed by atoms with van der Waals surface area (Å²) < 4.78 is 17.3. The van der Waals surface area contributed by atoms with E-state index in [2.05, 4.69) is 17.2 Å². The van der Waals surface area contributed by atoms with Gasteiger partial charge in [0.25, 0.3) is 0 Å². The van der Waals surface area contributed by atoms with Crippen LogP contribution in [0.3, 0.4) is 0 Å². The predicted octanol–water partition coefficient (Wildman–Crippen LogP) is 3.56. The zero-order chi connectivity index (χ0) is 18.2. The van der Waals surface area contributed by atoms with Crippen LogP contribution >= 0.6 is 0 Å². The van der Waals surface area contributed by atoms with Crippen molar-refractivity contribution in [2.75, 3.05) is 31.7 Å². The molecule has 1 heterocycles. The first-order valence-corrected chi connectivity index (χ1v) is 9.84. The summed E-state index contributed by atoms with van der Waals surface area (Å²) >= 11 is 0. The number of rotatable bonds is 7. The van der Waals surface area contributed by atoms with Gasteiger partial charge in [-0.25, -0.2) is 0 Å². The quantitative estimate of drug-likeness (QED) is 0.573. The van der Waals surface area contributed by atoms with Gasteiger partial charge in [0, 0.05) is 31.3 Å². The van der Waals surface area contributed by atoms with Crippen molar-refractivity contribution < 1.29 is 14.2 Å². The molecule has 1 aromatic carbocycles. The van der Waals surface area contributed by atoms with Gasteiger partial charge in [0.15, 0.2) is 17.5 Å². The fraction of sp³-hybridized carbons (Fsp3) is 0.650. The minimum atomic E-state index is 0.303. The number of hydrogen-bond donors (Lipinski definition) is 2. The second-order valence-corrected chi connectivity index (χ2v) is 6.93.